The van der Waals surface area contributed by atoms with Crippen LogP contribution in [0, 0.1) is 6.92 Å². The quantitative estimate of drug-likeness (QED) is 0.627. The number of rotatable bonds is 7. The van der Waals surface area contributed by atoms with Gasteiger partial charge in [0.1, 0.15) is 23.6 Å². The van der Waals surface area contributed by atoms with Crippen LogP contribution in [-0.2, 0) is 6.42 Å². The Kier molecular flexibility index (Phi) is 6.45. The van der Waals surface area contributed by atoms with E-state index in [0.717, 1.165) is 22.6 Å². The van der Waals surface area contributed by atoms with Gasteiger partial charge in [0.2, 0.25) is 0 Å². The van der Waals surface area contributed by atoms with E-state index < -0.39 is 0 Å². The van der Waals surface area contributed by atoms with Crippen LogP contribution < -0.4 is 15.4 Å². The van der Waals surface area contributed by atoms with Crippen molar-refractivity contribution in [1.29, 1.82) is 0 Å². The summed E-state index contributed by atoms with van der Waals surface area (Å²) in [5, 5.41) is 6.71. The summed E-state index contributed by atoms with van der Waals surface area (Å²) in [5.74, 6) is 1.07. The molecule has 1 aromatic heterocycles. The number of hydrogen-bond acceptors (Lipinski definition) is 5. The molecule has 0 spiro atoms. The van der Waals surface area contributed by atoms with Crippen LogP contribution >= 0.6 is 11.6 Å². The van der Waals surface area contributed by atoms with Crippen LogP contribution in [-0.4, -0.2) is 29.5 Å². The van der Waals surface area contributed by atoms with Crippen LogP contribution in [0.25, 0.3) is 0 Å². The van der Waals surface area contributed by atoms with Crippen LogP contribution in [0.1, 0.15) is 21.6 Å². The number of carbonyl (C=O) groups is 1. The fraction of sp³-hybridized carbons (Fsp3) is 0.190. The van der Waals surface area contributed by atoms with Crippen molar-refractivity contribution in [3.05, 3.63) is 76.7 Å². The monoisotopic (exact) mass is 396 g/mol. The number of carbonyl (C=O) groups excluding carboxylic acids is 1. The van der Waals surface area contributed by atoms with E-state index in [9.17, 15) is 4.79 Å². The maximum Gasteiger partial charge on any atom is 0.270 e. The molecule has 0 aliphatic carbocycles. The van der Waals surface area contributed by atoms with E-state index in [1.807, 2.05) is 49.4 Å². The van der Waals surface area contributed by atoms with Gasteiger partial charge in [0, 0.05) is 23.3 Å². The lowest BCUT2D eigenvalue weighted by Crippen LogP contribution is -2.26. The normalized spacial score (nSPS) is 10.4. The first kappa shape index (κ1) is 19.6. The Morgan fingerprint density at radius 2 is 1.96 bits per heavy atom. The van der Waals surface area contributed by atoms with Crippen molar-refractivity contribution >= 4 is 29.0 Å². The molecule has 28 heavy (non-hydrogen) atoms. The molecule has 1 heterocycles. The average Bonchev–Trinajstić information content (AvgIpc) is 2.72. The van der Waals surface area contributed by atoms with Gasteiger partial charge in [-0.3, -0.25) is 4.79 Å². The molecule has 0 unspecified atom stereocenters. The lowest BCUT2D eigenvalue weighted by atomic mass is 10.1. The fourth-order valence-electron chi connectivity index (χ4n) is 2.67. The summed E-state index contributed by atoms with van der Waals surface area (Å²) >= 11 is 6.14. The highest BCUT2D eigenvalue weighted by Crippen LogP contribution is 2.25. The molecule has 0 aliphatic heterocycles. The Balaban J connectivity index is 1.61. The van der Waals surface area contributed by atoms with Crippen molar-refractivity contribution in [2.24, 2.45) is 0 Å². The van der Waals surface area contributed by atoms with E-state index in [1.165, 1.54) is 6.33 Å². The number of nitrogens with one attached hydrogen (secondary N) is 2. The molecule has 0 atom stereocenters. The summed E-state index contributed by atoms with van der Waals surface area (Å²) in [6.45, 7) is 2.41. The smallest absolute Gasteiger partial charge is 0.270 e. The van der Waals surface area contributed by atoms with Gasteiger partial charge in [-0.05, 0) is 48.7 Å². The van der Waals surface area contributed by atoms with Crippen LogP contribution in [0.3, 0.4) is 0 Å². The zero-order valence-electron chi connectivity index (χ0n) is 15.7. The highest BCUT2D eigenvalue weighted by Gasteiger charge is 2.10. The largest absolute Gasteiger partial charge is 0.497 e. The number of nitrogens with zero attached hydrogens (tertiary/aromatic N) is 2. The number of hydrogen-bond donors (Lipinski definition) is 2. The second-order valence-electron chi connectivity index (χ2n) is 6.18. The van der Waals surface area contributed by atoms with Crippen molar-refractivity contribution in [2.45, 2.75) is 13.3 Å². The standard InChI is InChI=1S/C21H21ClN4O2/c1-14-17(22)7-4-8-18(14)26-20-12-19(24-13-25-20)21(27)23-10-9-15-5-3-6-16(11-15)28-2/h3-8,11-13H,9-10H2,1-2H3,(H,23,27)(H,24,25,26). The van der Waals surface area contributed by atoms with Crippen molar-refractivity contribution < 1.29 is 9.53 Å². The van der Waals surface area contributed by atoms with Gasteiger partial charge < -0.3 is 15.4 Å². The zero-order valence-corrected chi connectivity index (χ0v) is 16.5. The molecular formula is C21H21ClN4O2. The molecule has 7 heteroatoms. The van der Waals surface area contributed by atoms with Gasteiger partial charge in [-0.15, -0.1) is 0 Å². The summed E-state index contributed by atoms with van der Waals surface area (Å²) < 4.78 is 5.21. The Morgan fingerprint density at radius 1 is 1.14 bits per heavy atom. The molecule has 6 nitrogen and oxygen atoms in total. The minimum atomic E-state index is -0.254. The topological polar surface area (TPSA) is 76.1 Å². The molecule has 0 saturated heterocycles. The first-order valence-corrected chi connectivity index (χ1v) is 9.20. The number of methoxy groups -OCH3 is 1. The molecule has 2 aromatic carbocycles. The molecule has 0 radical (unpaired) electrons. The molecule has 1 amide bonds. The SMILES string of the molecule is COc1cccc(CCNC(=O)c2cc(Nc3cccc(Cl)c3C)ncn2)c1. The van der Waals surface area contributed by atoms with Gasteiger partial charge in [-0.2, -0.15) is 0 Å². The third-order valence-corrected chi connectivity index (χ3v) is 4.67. The molecule has 144 valence electrons. The molecule has 0 bridgehead atoms. The van der Waals surface area contributed by atoms with Crippen molar-refractivity contribution in [2.75, 3.05) is 19.0 Å². The molecule has 3 aromatic rings. The summed E-state index contributed by atoms with van der Waals surface area (Å²) in [7, 11) is 1.63. The zero-order chi connectivity index (χ0) is 19.9. The Morgan fingerprint density at radius 3 is 2.79 bits per heavy atom. The third-order valence-electron chi connectivity index (χ3n) is 4.26. The first-order valence-electron chi connectivity index (χ1n) is 8.82. The number of anilines is 2. The summed E-state index contributed by atoms with van der Waals surface area (Å²) in [6.07, 6.45) is 2.06. The number of aromatic nitrogens is 2. The Labute approximate surface area is 168 Å². The molecule has 0 fully saturated rings. The summed E-state index contributed by atoms with van der Waals surface area (Å²) in [4.78, 5) is 20.6. The molecule has 2 N–H and O–H groups in total. The second kappa shape index (κ2) is 9.19. The van der Waals surface area contributed by atoms with Gasteiger partial charge in [0.25, 0.3) is 5.91 Å². The number of amides is 1. The van der Waals surface area contributed by atoms with E-state index in [2.05, 4.69) is 20.6 Å². The maximum atomic E-state index is 12.4. The van der Waals surface area contributed by atoms with Crippen LogP contribution in [0.4, 0.5) is 11.5 Å². The lowest BCUT2D eigenvalue weighted by molar-refractivity contribution is 0.0949. The minimum Gasteiger partial charge on any atom is -0.497 e. The van der Waals surface area contributed by atoms with Gasteiger partial charge in [-0.1, -0.05) is 29.8 Å². The number of benzene rings is 2. The molecular weight excluding hydrogens is 376 g/mol. The highest BCUT2D eigenvalue weighted by atomic mass is 35.5. The Hall–Kier alpha value is -3.12. The summed E-state index contributed by atoms with van der Waals surface area (Å²) in [6, 6.07) is 14.9. The van der Waals surface area contributed by atoms with Gasteiger partial charge >= 0.3 is 0 Å². The fourth-order valence-corrected chi connectivity index (χ4v) is 2.84. The Bertz CT molecular complexity index is 978. The average molecular weight is 397 g/mol. The molecule has 0 saturated carbocycles. The summed E-state index contributed by atoms with van der Waals surface area (Å²) in [5.41, 5.74) is 3.12. The number of halogens is 1. The van der Waals surface area contributed by atoms with E-state index in [0.29, 0.717) is 29.5 Å². The van der Waals surface area contributed by atoms with E-state index >= 15 is 0 Å². The molecule has 3 rings (SSSR count). The van der Waals surface area contributed by atoms with Gasteiger partial charge in [-0.25, -0.2) is 9.97 Å². The van der Waals surface area contributed by atoms with Gasteiger partial charge in [0.05, 0.1) is 7.11 Å². The van der Waals surface area contributed by atoms with E-state index in [-0.39, 0.29) is 5.91 Å². The van der Waals surface area contributed by atoms with Crippen molar-refractivity contribution in [1.82, 2.24) is 15.3 Å². The number of ether oxygens (including phenoxy) is 1. The van der Waals surface area contributed by atoms with E-state index in [1.54, 1.807) is 13.2 Å². The minimum absolute atomic E-state index is 0.254. The van der Waals surface area contributed by atoms with Crippen LogP contribution in [0.2, 0.25) is 5.02 Å². The van der Waals surface area contributed by atoms with Crippen LogP contribution in [0.15, 0.2) is 54.9 Å². The lowest BCUT2D eigenvalue weighted by Gasteiger charge is -2.11. The van der Waals surface area contributed by atoms with Crippen molar-refractivity contribution in [3.8, 4) is 5.75 Å². The highest BCUT2D eigenvalue weighted by molar-refractivity contribution is 6.31. The third kappa shape index (κ3) is 4.98. The van der Waals surface area contributed by atoms with Crippen molar-refractivity contribution in [3.63, 3.8) is 0 Å². The second-order valence-corrected chi connectivity index (χ2v) is 6.59. The first-order chi connectivity index (χ1) is 13.6. The maximum absolute atomic E-state index is 12.4. The van der Waals surface area contributed by atoms with Gasteiger partial charge in [0.15, 0.2) is 0 Å². The predicted octanol–water partition coefficient (Wildman–Crippen LogP) is 4.16. The van der Waals surface area contributed by atoms with Crippen LogP contribution in [0.5, 0.6) is 5.75 Å². The molecule has 0 aliphatic rings. The predicted molar refractivity (Wildman–Crippen MR) is 111 cm³/mol. The van der Waals surface area contributed by atoms with E-state index in [4.69, 9.17) is 16.3 Å².